The van der Waals surface area contributed by atoms with E-state index in [9.17, 15) is 4.57 Å². The lowest BCUT2D eigenvalue weighted by Gasteiger charge is -2.02. The van der Waals surface area contributed by atoms with Crippen LogP contribution < -0.4 is 0 Å². The molecule has 0 atom stereocenters. The van der Waals surface area contributed by atoms with Crippen molar-refractivity contribution in [3.05, 3.63) is 35.9 Å². The maximum absolute atomic E-state index is 10.3. The smallest absolute Gasteiger partial charge is 0.302 e. The lowest BCUT2D eigenvalue weighted by atomic mass is 10.2. The number of hydrogen-bond donors (Lipinski definition) is 2. The van der Waals surface area contributed by atoms with Gasteiger partial charge in [0, 0.05) is 17.8 Å². The van der Waals surface area contributed by atoms with Crippen LogP contribution in [0.1, 0.15) is 5.56 Å². The fourth-order valence-corrected chi connectivity index (χ4v) is 1.83. The molecule has 72 valence electrons. The highest BCUT2D eigenvalue weighted by Gasteiger charge is 2.13. The van der Waals surface area contributed by atoms with Crippen molar-refractivity contribution in [3.63, 3.8) is 0 Å². The second-order valence-electron chi connectivity index (χ2n) is 2.31. The van der Waals surface area contributed by atoms with E-state index in [1.807, 2.05) is 30.3 Å². The Bertz CT molecular complexity index is 297. The predicted molar refractivity (Wildman–Crippen MR) is 50.9 cm³/mol. The van der Waals surface area contributed by atoms with Gasteiger partial charge in [-0.2, -0.15) is 0 Å². The van der Waals surface area contributed by atoms with Crippen LogP contribution in [0, 0.1) is 0 Å². The highest BCUT2D eigenvalue weighted by atomic mass is 32.2. The van der Waals surface area contributed by atoms with E-state index in [2.05, 4.69) is 3.97 Å². The van der Waals surface area contributed by atoms with Gasteiger partial charge < -0.3 is 9.79 Å². The second kappa shape index (κ2) is 4.79. The van der Waals surface area contributed by atoms with Gasteiger partial charge in [-0.1, -0.05) is 30.3 Å². The normalized spacial score (nSPS) is 11.5. The fourth-order valence-electron chi connectivity index (χ4n) is 0.737. The SMILES string of the molecule is O=P(O)(O)OSCc1ccccc1. The van der Waals surface area contributed by atoms with Crippen LogP contribution in [0.25, 0.3) is 0 Å². The van der Waals surface area contributed by atoms with E-state index in [0.29, 0.717) is 5.75 Å². The molecule has 0 aliphatic carbocycles. The topological polar surface area (TPSA) is 66.8 Å². The van der Waals surface area contributed by atoms with Crippen LogP contribution in [0.15, 0.2) is 30.3 Å². The molecule has 0 bridgehead atoms. The Morgan fingerprint density at radius 2 is 1.92 bits per heavy atom. The lowest BCUT2D eigenvalue weighted by Crippen LogP contribution is -1.82. The van der Waals surface area contributed by atoms with E-state index in [1.54, 1.807) is 0 Å². The third-order valence-corrected chi connectivity index (χ3v) is 2.87. The molecule has 0 spiro atoms. The van der Waals surface area contributed by atoms with Crippen molar-refractivity contribution >= 4 is 19.9 Å². The van der Waals surface area contributed by atoms with Crippen LogP contribution in [-0.4, -0.2) is 9.79 Å². The summed E-state index contributed by atoms with van der Waals surface area (Å²) in [5, 5.41) is 0. The van der Waals surface area contributed by atoms with Gasteiger partial charge in [0.2, 0.25) is 0 Å². The quantitative estimate of drug-likeness (QED) is 0.599. The molecular weight excluding hydrogens is 211 g/mol. The van der Waals surface area contributed by atoms with Crippen LogP contribution in [0.4, 0.5) is 0 Å². The largest absolute Gasteiger partial charge is 0.480 e. The first-order chi connectivity index (χ1) is 6.08. The molecule has 0 saturated heterocycles. The maximum atomic E-state index is 10.3. The van der Waals surface area contributed by atoms with E-state index in [-0.39, 0.29) is 0 Å². The summed E-state index contributed by atoms with van der Waals surface area (Å²) >= 11 is 0.750. The molecule has 0 aliphatic heterocycles. The Morgan fingerprint density at radius 1 is 1.31 bits per heavy atom. The van der Waals surface area contributed by atoms with Crippen LogP contribution in [0.2, 0.25) is 0 Å². The number of hydrogen-bond acceptors (Lipinski definition) is 3. The maximum Gasteiger partial charge on any atom is 0.480 e. The summed E-state index contributed by atoms with van der Waals surface area (Å²) in [5.74, 6) is 0.423. The first-order valence-corrected chi connectivity index (χ1v) is 5.93. The van der Waals surface area contributed by atoms with E-state index in [4.69, 9.17) is 9.79 Å². The number of benzene rings is 1. The minimum atomic E-state index is -4.34. The van der Waals surface area contributed by atoms with Gasteiger partial charge in [0.1, 0.15) is 0 Å². The molecule has 1 aromatic carbocycles. The fraction of sp³-hybridized carbons (Fsp3) is 0.143. The first kappa shape index (κ1) is 10.8. The Labute approximate surface area is 80.4 Å². The van der Waals surface area contributed by atoms with E-state index in [1.165, 1.54) is 0 Å². The molecule has 0 radical (unpaired) electrons. The minimum Gasteiger partial charge on any atom is -0.302 e. The molecule has 2 N–H and O–H groups in total. The molecule has 1 rings (SSSR count). The Balaban J connectivity index is 2.33. The first-order valence-electron chi connectivity index (χ1n) is 3.48. The average Bonchev–Trinajstić information content (AvgIpc) is 2.04. The van der Waals surface area contributed by atoms with Crippen LogP contribution >= 0.6 is 19.9 Å². The van der Waals surface area contributed by atoms with E-state index in [0.717, 1.165) is 17.6 Å². The van der Waals surface area contributed by atoms with Crippen LogP contribution in [0.3, 0.4) is 0 Å². The summed E-state index contributed by atoms with van der Waals surface area (Å²) in [6, 6.07) is 9.30. The van der Waals surface area contributed by atoms with Gasteiger partial charge in [-0.3, -0.25) is 0 Å². The Hall–Kier alpha value is -0.320. The summed E-state index contributed by atoms with van der Waals surface area (Å²) in [4.78, 5) is 16.7. The Kier molecular flexibility index (Phi) is 3.96. The highest BCUT2D eigenvalue weighted by molar-refractivity contribution is 7.97. The minimum absolute atomic E-state index is 0.423. The molecule has 13 heavy (non-hydrogen) atoms. The van der Waals surface area contributed by atoms with Crippen molar-refractivity contribution in [1.29, 1.82) is 0 Å². The molecule has 0 unspecified atom stereocenters. The van der Waals surface area contributed by atoms with Crippen molar-refractivity contribution in [1.82, 2.24) is 0 Å². The summed E-state index contributed by atoms with van der Waals surface area (Å²) in [7, 11) is -4.34. The third kappa shape index (κ3) is 5.08. The number of rotatable bonds is 4. The summed E-state index contributed by atoms with van der Waals surface area (Å²) < 4.78 is 14.5. The van der Waals surface area contributed by atoms with Crippen molar-refractivity contribution in [2.45, 2.75) is 5.75 Å². The lowest BCUT2D eigenvalue weighted by molar-refractivity contribution is 0.298. The molecule has 0 fully saturated rings. The van der Waals surface area contributed by atoms with Gasteiger partial charge in [-0.05, 0) is 5.56 Å². The summed E-state index contributed by atoms with van der Waals surface area (Å²) in [6.07, 6.45) is 0. The Morgan fingerprint density at radius 3 is 2.46 bits per heavy atom. The van der Waals surface area contributed by atoms with Gasteiger partial charge in [-0.15, -0.1) is 0 Å². The molecule has 0 aliphatic rings. The monoisotopic (exact) mass is 220 g/mol. The summed E-state index contributed by atoms with van der Waals surface area (Å²) in [6.45, 7) is 0. The molecule has 0 aromatic heterocycles. The molecular formula is C7H9O4PS. The van der Waals surface area contributed by atoms with Crippen molar-refractivity contribution < 1.29 is 18.3 Å². The van der Waals surface area contributed by atoms with E-state index < -0.39 is 7.82 Å². The zero-order valence-corrected chi connectivity index (χ0v) is 8.37. The molecule has 0 amide bonds. The average molecular weight is 220 g/mol. The van der Waals surface area contributed by atoms with Gasteiger partial charge in [0.05, 0.1) is 0 Å². The molecule has 1 aromatic rings. The third-order valence-electron chi connectivity index (χ3n) is 1.22. The zero-order valence-electron chi connectivity index (χ0n) is 6.66. The van der Waals surface area contributed by atoms with Crippen LogP contribution in [-0.2, 0) is 14.3 Å². The van der Waals surface area contributed by atoms with Crippen molar-refractivity contribution in [2.24, 2.45) is 0 Å². The van der Waals surface area contributed by atoms with Crippen molar-refractivity contribution in [3.8, 4) is 0 Å². The molecule has 0 heterocycles. The standard InChI is InChI=1S/C7H9O4PS/c8-12(9,10)11-13-6-7-4-2-1-3-5-7/h1-5H,6H2,(H2,8,9,10). The van der Waals surface area contributed by atoms with Gasteiger partial charge in [0.25, 0.3) is 0 Å². The predicted octanol–water partition coefficient (Wildman–Crippen LogP) is 1.94. The van der Waals surface area contributed by atoms with Gasteiger partial charge >= 0.3 is 7.82 Å². The molecule has 0 saturated carbocycles. The van der Waals surface area contributed by atoms with Gasteiger partial charge in [-0.25, -0.2) is 8.54 Å². The second-order valence-corrected chi connectivity index (χ2v) is 4.41. The number of phosphoric acid groups is 1. The highest BCUT2D eigenvalue weighted by Crippen LogP contribution is 2.41. The van der Waals surface area contributed by atoms with Gasteiger partial charge in [0.15, 0.2) is 0 Å². The zero-order chi connectivity index (χ0) is 9.73. The molecule has 4 nitrogen and oxygen atoms in total. The molecule has 6 heteroatoms. The summed E-state index contributed by atoms with van der Waals surface area (Å²) in [5.41, 5.74) is 0.959. The van der Waals surface area contributed by atoms with Crippen LogP contribution in [0.5, 0.6) is 0 Å². The van der Waals surface area contributed by atoms with Crippen molar-refractivity contribution in [2.75, 3.05) is 0 Å². The van der Waals surface area contributed by atoms with E-state index >= 15 is 0 Å².